The third-order valence-corrected chi connectivity index (χ3v) is 2.22. The molecule has 0 atom stereocenters. The summed E-state index contributed by atoms with van der Waals surface area (Å²) in [4.78, 5) is 21.0. The summed E-state index contributed by atoms with van der Waals surface area (Å²) in [6, 6.07) is 2.72. The van der Waals surface area contributed by atoms with Crippen LogP contribution in [-0.2, 0) is 0 Å². The summed E-state index contributed by atoms with van der Waals surface area (Å²) in [5.74, 6) is -0.933. The smallest absolute Gasteiger partial charge is 0.319 e. The van der Waals surface area contributed by atoms with E-state index in [0.29, 0.717) is 6.54 Å². The molecular weight excluding hydrogens is 241 g/mol. The molecule has 0 radical (unpaired) electrons. The van der Waals surface area contributed by atoms with Crippen LogP contribution in [0.3, 0.4) is 0 Å². The van der Waals surface area contributed by atoms with Gasteiger partial charge < -0.3 is 10.6 Å². The molecule has 2 amide bonds. The zero-order valence-electron chi connectivity index (χ0n) is 9.90. The van der Waals surface area contributed by atoms with Gasteiger partial charge in [0, 0.05) is 18.3 Å². The first-order valence-corrected chi connectivity index (χ1v) is 5.53. The minimum absolute atomic E-state index is 0.178. The van der Waals surface area contributed by atoms with Gasteiger partial charge in [0.2, 0.25) is 5.82 Å². The highest BCUT2D eigenvalue weighted by Crippen LogP contribution is 2.21. The molecule has 2 N–H and O–H groups in total. The third kappa shape index (κ3) is 4.00. The number of unbranched alkanes of at least 4 members (excludes halogenated alkanes) is 1. The fourth-order valence-electron chi connectivity index (χ4n) is 1.28. The second-order valence-electron chi connectivity index (χ2n) is 3.66. The minimum Gasteiger partial charge on any atom is -0.338 e. The van der Waals surface area contributed by atoms with Crippen molar-refractivity contribution < 1.29 is 14.1 Å². The Kier molecular flexibility index (Phi) is 5.04. The lowest BCUT2D eigenvalue weighted by Gasteiger charge is -2.06. The second-order valence-corrected chi connectivity index (χ2v) is 3.66. The number of amides is 2. The molecule has 1 aromatic carbocycles. The molecule has 1 aromatic rings. The van der Waals surface area contributed by atoms with Crippen molar-refractivity contribution in [1.82, 2.24) is 5.32 Å². The van der Waals surface area contributed by atoms with Gasteiger partial charge in [-0.1, -0.05) is 13.3 Å². The first-order valence-electron chi connectivity index (χ1n) is 5.53. The monoisotopic (exact) mass is 255 g/mol. The predicted octanol–water partition coefficient (Wildman–Crippen LogP) is 2.66. The van der Waals surface area contributed by atoms with Gasteiger partial charge in [-0.15, -0.1) is 0 Å². The molecular formula is C11H14FN3O3. The summed E-state index contributed by atoms with van der Waals surface area (Å²) in [6.07, 6.45) is 1.79. The van der Waals surface area contributed by atoms with Crippen LogP contribution in [0, 0.1) is 15.9 Å². The maximum absolute atomic E-state index is 13.0. The number of nitro groups is 1. The Morgan fingerprint density at radius 3 is 2.83 bits per heavy atom. The molecule has 0 aromatic heterocycles. The summed E-state index contributed by atoms with van der Waals surface area (Å²) in [5, 5.41) is 15.5. The number of nitrogens with one attached hydrogen (secondary N) is 2. The van der Waals surface area contributed by atoms with E-state index < -0.39 is 22.5 Å². The van der Waals surface area contributed by atoms with E-state index in [1.165, 1.54) is 6.07 Å². The van der Waals surface area contributed by atoms with Crippen LogP contribution in [0.25, 0.3) is 0 Å². The molecule has 0 heterocycles. The lowest BCUT2D eigenvalue weighted by molar-refractivity contribution is -0.387. The molecule has 6 nitrogen and oxygen atoms in total. The van der Waals surface area contributed by atoms with Crippen LogP contribution in [0.15, 0.2) is 18.2 Å². The van der Waals surface area contributed by atoms with E-state index in [0.717, 1.165) is 25.0 Å². The molecule has 7 heteroatoms. The van der Waals surface area contributed by atoms with Crippen molar-refractivity contribution in [3.05, 3.63) is 34.1 Å². The Bertz CT molecular complexity index is 451. The van der Waals surface area contributed by atoms with Crippen LogP contribution in [-0.4, -0.2) is 17.5 Å². The molecule has 0 bridgehead atoms. The van der Waals surface area contributed by atoms with Crippen molar-refractivity contribution in [3.63, 3.8) is 0 Å². The number of benzene rings is 1. The molecule has 0 saturated heterocycles. The number of halogens is 1. The third-order valence-electron chi connectivity index (χ3n) is 2.22. The predicted molar refractivity (Wildman–Crippen MR) is 65.0 cm³/mol. The maximum Gasteiger partial charge on any atom is 0.319 e. The van der Waals surface area contributed by atoms with E-state index in [9.17, 15) is 19.3 Å². The average molecular weight is 255 g/mol. The number of carbonyl (C=O) groups is 1. The number of carbonyl (C=O) groups excluding carboxylic acids is 1. The standard InChI is InChI=1S/C11H14FN3O3/c1-2-3-6-13-11(16)14-8-4-5-9(12)10(7-8)15(17)18/h4-5,7H,2-3,6H2,1H3,(H2,13,14,16). The zero-order chi connectivity index (χ0) is 13.5. The fraction of sp³-hybridized carbons (Fsp3) is 0.364. The zero-order valence-corrected chi connectivity index (χ0v) is 9.90. The highest BCUT2D eigenvalue weighted by Gasteiger charge is 2.14. The lowest BCUT2D eigenvalue weighted by atomic mass is 10.2. The van der Waals surface area contributed by atoms with E-state index in [1.807, 2.05) is 6.92 Å². The van der Waals surface area contributed by atoms with Gasteiger partial charge in [0.05, 0.1) is 4.92 Å². The fourth-order valence-corrected chi connectivity index (χ4v) is 1.28. The highest BCUT2D eigenvalue weighted by molar-refractivity contribution is 5.89. The maximum atomic E-state index is 13.0. The molecule has 0 aliphatic heterocycles. The normalized spacial score (nSPS) is 9.89. The number of urea groups is 1. The number of nitrogens with zero attached hydrogens (tertiary/aromatic N) is 1. The van der Waals surface area contributed by atoms with Crippen LogP contribution >= 0.6 is 0 Å². The van der Waals surface area contributed by atoms with E-state index in [1.54, 1.807) is 0 Å². The molecule has 18 heavy (non-hydrogen) atoms. The number of nitro benzene ring substituents is 1. The lowest BCUT2D eigenvalue weighted by Crippen LogP contribution is -2.29. The molecule has 0 aliphatic carbocycles. The van der Waals surface area contributed by atoms with Crippen LogP contribution in [0.4, 0.5) is 20.6 Å². The summed E-state index contributed by atoms with van der Waals surface area (Å²) in [5.41, 5.74) is -0.488. The second kappa shape index (κ2) is 6.53. The Balaban J connectivity index is 2.65. The Hall–Kier alpha value is -2.18. The van der Waals surface area contributed by atoms with Gasteiger partial charge in [-0.05, 0) is 18.6 Å². The number of anilines is 1. The van der Waals surface area contributed by atoms with Crippen molar-refractivity contribution in [1.29, 1.82) is 0 Å². The van der Waals surface area contributed by atoms with Gasteiger partial charge in [0.25, 0.3) is 0 Å². The summed E-state index contributed by atoms with van der Waals surface area (Å²) in [7, 11) is 0. The molecule has 0 aliphatic rings. The van der Waals surface area contributed by atoms with Crippen molar-refractivity contribution in [2.75, 3.05) is 11.9 Å². The average Bonchev–Trinajstić information content (AvgIpc) is 2.31. The van der Waals surface area contributed by atoms with Gasteiger partial charge in [-0.2, -0.15) is 4.39 Å². The largest absolute Gasteiger partial charge is 0.338 e. The van der Waals surface area contributed by atoms with Gasteiger partial charge in [-0.25, -0.2) is 4.79 Å². The molecule has 0 fully saturated rings. The minimum atomic E-state index is -0.933. The number of hydrogen-bond donors (Lipinski definition) is 2. The van der Waals surface area contributed by atoms with Crippen molar-refractivity contribution in [3.8, 4) is 0 Å². The highest BCUT2D eigenvalue weighted by atomic mass is 19.1. The summed E-state index contributed by atoms with van der Waals surface area (Å²) < 4.78 is 13.0. The van der Waals surface area contributed by atoms with Crippen molar-refractivity contribution >= 4 is 17.4 Å². The number of rotatable bonds is 5. The Morgan fingerprint density at radius 1 is 1.50 bits per heavy atom. The van der Waals surface area contributed by atoms with Gasteiger partial charge in [0.15, 0.2) is 0 Å². The summed E-state index contributed by atoms with van der Waals surface area (Å²) >= 11 is 0. The van der Waals surface area contributed by atoms with Gasteiger partial charge in [0.1, 0.15) is 0 Å². The van der Waals surface area contributed by atoms with E-state index in [4.69, 9.17) is 0 Å². The molecule has 1 rings (SSSR count). The Labute approximate surface area is 103 Å². The molecule has 0 unspecified atom stereocenters. The molecule has 98 valence electrons. The van der Waals surface area contributed by atoms with Gasteiger partial charge >= 0.3 is 11.7 Å². The Morgan fingerprint density at radius 2 is 2.22 bits per heavy atom. The number of hydrogen-bond acceptors (Lipinski definition) is 3. The van der Waals surface area contributed by atoms with E-state index in [-0.39, 0.29) is 5.69 Å². The molecule has 0 saturated carbocycles. The van der Waals surface area contributed by atoms with Crippen molar-refractivity contribution in [2.24, 2.45) is 0 Å². The van der Waals surface area contributed by atoms with Crippen LogP contribution in [0.1, 0.15) is 19.8 Å². The van der Waals surface area contributed by atoms with Crippen LogP contribution in [0.5, 0.6) is 0 Å². The first-order chi connectivity index (χ1) is 8.54. The van der Waals surface area contributed by atoms with Crippen LogP contribution < -0.4 is 10.6 Å². The van der Waals surface area contributed by atoms with Crippen LogP contribution in [0.2, 0.25) is 0 Å². The SMILES string of the molecule is CCCCNC(=O)Nc1ccc(F)c([N+](=O)[O-])c1. The summed E-state index contributed by atoms with van der Waals surface area (Å²) in [6.45, 7) is 2.51. The topological polar surface area (TPSA) is 84.3 Å². The quantitative estimate of drug-likeness (QED) is 0.482. The van der Waals surface area contributed by atoms with E-state index >= 15 is 0 Å². The van der Waals surface area contributed by atoms with Gasteiger partial charge in [-0.3, -0.25) is 10.1 Å². The molecule has 0 spiro atoms. The van der Waals surface area contributed by atoms with E-state index in [2.05, 4.69) is 10.6 Å². The van der Waals surface area contributed by atoms with Crippen molar-refractivity contribution in [2.45, 2.75) is 19.8 Å². The first kappa shape index (κ1) is 13.9.